The fraction of sp³-hybridized carbons (Fsp3) is 0.667. The third-order valence-electron chi connectivity index (χ3n) is 3.69. The van der Waals surface area contributed by atoms with Gasteiger partial charge < -0.3 is 10.1 Å². The van der Waals surface area contributed by atoms with Crippen LogP contribution in [0.3, 0.4) is 0 Å². The number of ether oxygens (including phenoxy) is 1. The van der Waals surface area contributed by atoms with Crippen LogP contribution in [0.15, 0.2) is 6.07 Å². The molecule has 1 unspecified atom stereocenters. The predicted molar refractivity (Wildman–Crippen MR) is 81.6 cm³/mol. The Hall–Kier alpha value is -1.41. The van der Waals surface area contributed by atoms with Gasteiger partial charge in [0.05, 0.1) is 23.3 Å². The monoisotopic (exact) mass is 365 g/mol. The first-order valence-electron chi connectivity index (χ1n) is 7.45. The van der Waals surface area contributed by atoms with Crippen LogP contribution in [0, 0.1) is 5.92 Å². The second-order valence-corrected chi connectivity index (χ2v) is 7.10. The van der Waals surface area contributed by atoms with E-state index in [4.69, 9.17) is 16.3 Å². The molecule has 24 heavy (non-hydrogen) atoms. The lowest BCUT2D eigenvalue weighted by atomic mass is 9.87. The second kappa shape index (κ2) is 6.48. The van der Waals surface area contributed by atoms with Crippen LogP contribution >= 0.6 is 11.6 Å². The summed E-state index contributed by atoms with van der Waals surface area (Å²) < 4.78 is 44.7. The topological polar surface area (TPSA) is 64.1 Å². The molecule has 9 heteroatoms. The van der Waals surface area contributed by atoms with E-state index in [-0.39, 0.29) is 17.7 Å². The smallest absolute Gasteiger partial charge is 0.373 e. The molecular formula is C15H19ClF3N3O2. The molecule has 5 nitrogen and oxygen atoms in total. The summed E-state index contributed by atoms with van der Waals surface area (Å²) >= 11 is 5.63. The normalized spacial score (nSPS) is 23.2. The minimum absolute atomic E-state index is 0.0494. The van der Waals surface area contributed by atoms with E-state index in [0.717, 1.165) is 6.07 Å². The number of carbonyl (C=O) groups is 1. The Kier molecular flexibility index (Phi) is 5.11. The molecule has 0 spiro atoms. The first-order valence-corrected chi connectivity index (χ1v) is 7.83. The van der Waals surface area contributed by atoms with Gasteiger partial charge in [0.15, 0.2) is 0 Å². The number of aromatic nitrogens is 2. The van der Waals surface area contributed by atoms with Gasteiger partial charge in [-0.1, -0.05) is 0 Å². The van der Waals surface area contributed by atoms with Gasteiger partial charge in [0.25, 0.3) is 0 Å². The van der Waals surface area contributed by atoms with Crippen LogP contribution in [0.4, 0.5) is 13.2 Å². The highest BCUT2D eigenvalue weighted by molar-refractivity contribution is 6.28. The Balaban J connectivity index is 2.37. The summed E-state index contributed by atoms with van der Waals surface area (Å²) in [5.74, 6) is -1.63. The average Bonchev–Trinajstić information content (AvgIpc) is 2.77. The number of rotatable bonds is 3. The predicted octanol–water partition coefficient (Wildman–Crippen LogP) is 3.18. The van der Waals surface area contributed by atoms with Crippen LogP contribution in [0.1, 0.15) is 45.0 Å². The van der Waals surface area contributed by atoms with Crippen LogP contribution in [-0.2, 0) is 15.7 Å². The number of hydrogen-bond acceptors (Lipinski definition) is 4. The Labute approximate surface area is 143 Å². The van der Waals surface area contributed by atoms with Crippen LogP contribution in [0.2, 0.25) is 5.28 Å². The van der Waals surface area contributed by atoms with Crippen LogP contribution in [0.5, 0.6) is 0 Å². The van der Waals surface area contributed by atoms with E-state index in [9.17, 15) is 18.0 Å². The number of carbonyl (C=O) groups excluding carboxylic acids is 1. The highest BCUT2D eigenvalue weighted by Crippen LogP contribution is 2.36. The molecule has 1 saturated heterocycles. The molecule has 0 aromatic carbocycles. The van der Waals surface area contributed by atoms with E-state index in [0.29, 0.717) is 6.54 Å². The largest absolute Gasteiger partial charge is 0.433 e. The Bertz CT molecular complexity index is 631. The zero-order chi connectivity index (χ0) is 18.3. The van der Waals surface area contributed by atoms with Crippen molar-refractivity contribution >= 4 is 17.5 Å². The maximum Gasteiger partial charge on any atom is 0.433 e. The van der Waals surface area contributed by atoms with E-state index in [1.54, 1.807) is 6.92 Å². The summed E-state index contributed by atoms with van der Waals surface area (Å²) in [4.78, 5) is 19.2. The average molecular weight is 366 g/mol. The third-order valence-corrected chi connectivity index (χ3v) is 3.86. The van der Waals surface area contributed by atoms with Gasteiger partial charge in [-0.05, 0) is 45.4 Å². The lowest BCUT2D eigenvalue weighted by molar-refractivity contribution is -0.141. The second-order valence-electron chi connectivity index (χ2n) is 6.77. The fourth-order valence-corrected chi connectivity index (χ4v) is 3.01. The van der Waals surface area contributed by atoms with Crippen molar-refractivity contribution < 1.29 is 22.7 Å². The number of alkyl halides is 3. The van der Waals surface area contributed by atoms with Gasteiger partial charge in [-0.15, -0.1) is 0 Å². The molecule has 1 aromatic rings. The van der Waals surface area contributed by atoms with Gasteiger partial charge in [0.1, 0.15) is 5.69 Å². The molecule has 0 saturated carbocycles. The number of amides is 1. The summed E-state index contributed by atoms with van der Waals surface area (Å²) in [7, 11) is 0. The molecule has 2 heterocycles. The van der Waals surface area contributed by atoms with E-state index in [2.05, 4.69) is 15.3 Å². The summed E-state index contributed by atoms with van der Waals surface area (Å²) in [6, 6.07) is 0.776. The van der Waals surface area contributed by atoms with Crippen molar-refractivity contribution in [3.8, 4) is 0 Å². The molecule has 3 atom stereocenters. The quantitative estimate of drug-likeness (QED) is 0.835. The van der Waals surface area contributed by atoms with Crippen LogP contribution in [-0.4, -0.2) is 34.1 Å². The van der Waals surface area contributed by atoms with E-state index < -0.39 is 34.6 Å². The summed E-state index contributed by atoms with van der Waals surface area (Å²) in [6.45, 7) is 7.68. The molecule has 134 valence electrons. The van der Waals surface area contributed by atoms with Gasteiger partial charge >= 0.3 is 6.18 Å². The van der Waals surface area contributed by atoms with Gasteiger partial charge in [-0.2, -0.15) is 13.2 Å². The molecule has 0 radical (unpaired) electrons. The zero-order valence-corrected chi connectivity index (χ0v) is 14.5. The molecule has 2 rings (SSSR count). The number of nitrogens with one attached hydrogen (secondary N) is 1. The van der Waals surface area contributed by atoms with Crippen molar-refractivity contribution in [1.82, 2.24) is 15.3 Å². The van der Waals surface area contributed by atoms with Crippen molar-refractivity contribution in [1.29, 1.82) is 0 Å². The first-order chi connectivity index (χ1) is 10.9. The SMILES string of the molecule is C[C@@H](OC(C)(C)C)C1CNC(=O)[C@H]1c1cc(C(F)(F)F)nc(Cl)n1. The van der Waals surface area contributed by atoms with Gasteiger partial charge in [-0.25, -0.2) is 9.97 Å². The standard InChI is InChI=1S/C15H19ClF3N3O2/c1-7(24-14(2,3)4)8-6-20-12(23)11(8)9-5-10(15(17,18)19)22-13(16)21-9/h5,7-8,11H,6H2,1-4H3,(H,20,23)/t7-,8?,11-/m1/s1. The summed E-state index contributed by atoms with van der Waals surface area (Å²) in [5, 5.41) is 2.12. The van der Waals surface area contributed by atoms with Crippen molar-refractivity contribution in [2.45, 2.75) is 51.5 Å². The number of hydrogen-bond donors (Lipinski definition) is 1. The van der Waals surface area contributed by atoms with E-state index in [1.807, 2.05) is 20.8 Å². The molecule has 1 fully saturated rings. The molecule has 1 N–H and O–H groups in total. The Morgan fingerprint density at radius 3 is 2.50 bits per heavy atom. The first kappa shape index (κ1) is 18.9. The lowest BCUT2D eigenvalue weighted by Crippen LogP contribution is -2.34. The molecular weight excluding hydrogens is 347 g/mol. The highest BCUT2D eigenvalue weighted by atomic mass is 35.5. The molecule has 1 aliphatic rings. The fourth-order valence-electron chi connectivity index (χ4n) is 2.82. The molecule has 1 aliphatic heterocycles. The lowest BCUT2D eigenvalue weighted by Gasteiger charge is -2.30. The van der Waals surface area contributed by atoms with Crippen LogP contribution in [0.25, 0.3) is 0 Å². The van der Waals surface area contributed by atoms with Crippen LogP contribution < -0.4 is 5.32 Å². The molecule has 1 amide bonds. The molecule has 1 aromatic heterocycles. The van der Waals surface area contributed by atoms with Crippen molar-refractivity contribution in [2.24, 2.45) is 5.92 Å². The Morgan fingerprint density at radius 1 is 1.33 bits per heavy atom. The Morgan fingerprint density at radius 2 is 1.96 bits per heavy atom. The molecule has 0 aliphatic carbocycles. The number of halogens is 4. The molecule has 0 bridgehead atoms. The maximum absolute atomic E-state index is 12.9. The van der Waals surface area contributed by atoms with Crippen molar-refractivity contribution in [3.05, 3.63) is 22.7 Å². The number of nitrogens with zero attached hydrogens (tertiary/aromatic N) is 2. The summed E-state index contributed by atoms with van der Waals surface area (Å²) in [6.07, 6.45) is -5.03. The van der Waals surface area contributed by atoms with Crippen molar-refractivity contribution in [2.75, 3.05) is 6.54 Å². The van der Waals surface area contributed by atoms with E-state index in [1.165, 1.54) is 0 Å². The zero-order valence-electron chi connectivity index (χ0n) is 13.7. The van der Waals surface area contributed by atoms with E-state index >= 15 is 0 Å². The van der Waals surface area contributed by atoms with Gasteiger partial charge in [0, 0.05) is 12.5 Å². The van der Waals surface area contributed by atoms with Gasteiger partial charge in [-0.3, -0.25) is 4.79 Å². The van der Waals surface area contributed by atoms with Gasteiger partial charge in [0.2, 0.25) is 11.2 Å². The highest BCUT2D eigenvalue weighted by Gasteiger charge is 2.43. The minimum atomic E-state index is -4.67. The maximum atomic E-state index is 12.9. The third kappa shape index (κ3) is 4.36. The minimum Gasteiger partial charge on any atom is -0.373 e. The van der Waals surface area contributed by atoms with Crippen molar-refractivity contribution in [3.63, 3.8) is 0 Å². The summed E-state index contributed by atoms with van der Waals surface area (Å²) in [5.41, 5.74) is -1.66.